The Kier molecular flexibility index (Phi) is 8.11. The van der Waals surface area contributed by atoms with Crippen LogP contribution in [0.4, 0.5) is 0 Å². The third-order valence-electron chi connectivity index (χ3n) is 4.02. The highest BCUT2D eigenvalue weighted by Gasteiger charge is 2.14. The van der Waals surface area contributed by atoms with Gasteiger partial charge in [-0.1, -0.05) is 42.5 Å². The van der Waals surface area contributed by atoms with E-state index in [0.717, 1.165) is 12.8 Å². The van der Waals surface area contributed by atoms with Crippen LogP contribution in [0.1, 0.15) is 31.4 Å². The molecule has 146 valence electrons. The second kappa shape index (κ2) is 10.8. The first-order chi connectivity index (χ1) is 13.5. The molecule has 0 bridgehead atoms. The molecule has 0 radical (unpaired) electrons. The van der Waals surface area contributed by atoms with Crippen molar-refractivity contribution in [1.82, 2.24) is 5.32 Å². The minimum Gasteiger partial charge on any atom is -0.493 e. The molecule has 2 aromatic rings. The maximum atomic E-state index is 12.4. The fourth-order valence-corrected chi connectivity index (χ4v) is 2.71. The highest BCUT2D eigenvalue weighted by atomic mass is 16.5. The van der Waals surface area contributed by atoms with Crippen LogP contribution in [0.2, 0.25) is 0 Å². The molecule has 0 saturated carbocycles. The monoisotopic (exact) mass is 378 g/mol. The molecule has 0 unspecified atom stereocenters. The zero-order valence-corrected chi connectivity index (χ0v) is 16.6. The fraction of sp³-hybridized carbons (Fsp3) is 0.304. The first-order valence-electron chi connectivity index (χ1n) is 9.32. The summed E-state index contributed by atoms with van der Waals surface area (Å²) in [4.78, 5) is 12.4. The lowest BCUT2D eigenvalue weighted by molar-refractivity contribution is -0.117. The molecule has 28 heavy (non-hydrogen) atoms. The first-order valence-corrected chi connectivity index (χ1v) is 9.32. The highest BCUT2D eigenvalue weighted by Crippen LogP contribution is 2.33. The number of nitrogens with one attached hydrogen (secondary N) is 1. The van der Waals surface area contributed by atoms with Crippen molar-refractivity contribution in [2.75, 3.05) is 13.7 Å². The van der Waals surface area contributed by atoms with Crippen LogP contribution in [0.25, 0.3) is 6.08 Å². The molecule has 0 fully saturated rings. The van der Waals surface area contributed by atoms with E-state index in [4.69, 9.17) is 9.47 Å². The van der Waals surface area contributed by atoms with Crippen molar-refractivity contribution in [2.45, 2.75) is 32.8 Å². The normalized spacial score (nSPS) is 11.0. The van der Waals surface area contributed by atoms with Gasteiger partial charge in [0.15, 0.2) is 11.5 Å². The third-order valence-corrected chi connectivity index (χ3v) is 4.02. The van der Waals surface area contributed by atoms with Gasteiger partial charge in [0, 0.05) is 12.1 Å². The van der Waals surface area contributed by atoms with Crippen molar-refractivity contribution in [1.29, 1.82) is 5.26 Å². The maximum absolute atomic E-state index is 12.4. The Hall–Kier alpha value is -3.26. The Labute approximate surface area is 166 Å². The predicted molar refractivity (Wildman–Crippen MR) is 110 cm³/mol. The van der Waals surface area contributed by atoms with Crippen LogP contribution >= 0.6 is 0 Å². The van der Waals surface area contributed by atoms with Gasteiger partial charge in [-0.2, -0.15) is 5.26 Å². The summed E-state index contributed by atoms with van der Waals surface area (Å²) in [7, 11) is 1.56. The second-order valence-corrected chi connectivity index (χ2v) is 6.56. The van der Waals surface area contributed by atoms with Crippen molar-refractivity contribution in [2.24, 2.45) is 0 Å². The molecule has 0 saturated heterocycles. The Morgan fingerprint density at radius 3 is 2.57 bits per heavy atom. The molecule has 0 aliphatic carbocycles. The van der Waals surface area contributed by atoms with Crippen molar-refractivity contribution >= 4 is 12.0 Å². The van der Waals surface area contributed by atoms with Gasteiger partial charge < -0.3 is 14.8 Å². The molecular formula is C23H26N2O3. The number of amides is 1. The number of hydrogen-bond acceptors (Lipinski definition) is 4. The van der Waals surface area contributed by atoms with Crippen LogP contribution in [0.15, 0.2) is 54.1 Å². The predicted octanol–water partition coefficient (Wildman–Crippen LogP) is 4.14. The number of ether oxygens (including phenoxy) is 2. The molecule has 0 heterocycles. The lowest BCUT2D eigenvalue weighted by Crippen LogP contribution is -2.25. The number of methoxy groups -OCH3 is 1. The summed E-state index contributed by atoms with van der Waals surface area (Å²) < 4.78 is 11.2. The summed E-state index contributed by atoms with van der Waals surface area (Å²) in [5.74, 6) is 0.682. The highest BCUT2D eigenvalue weighted by molar-refractivity contribution is 6.02. The first kappa shape index (κ1) is 21.0. The van der Waals surface area contributed by atoms with E-state index in [1.54, 1.807) is 25.3 Å². The number of aryl methyl sites for hydroxylation is 1. The minimum absolute atomic E-state index is 0.0292. The molecule has 5 heteroatoms. The fourth-order valence-electron chi connectivity index (χ4n) is 2.71. The number of para-hydroxylation sites is 1. The molecule has 0 atom stereocenters. The van der Waals surface area contributed by atoms with E-state index in [0.29, 0.717) is 23.6 Å². The van der Waals surface area contributed by atoms with E-state index >= 15 is 0 Å². The minimum atomic E-state index is -0.395. The number of nitriles is 1. The lowest BCUT2D eigenvalue weighted by Gasteiger charge is -2.16. The molecule has 0 aliphatic rings. The molecule has 0 aliphatic heterocycles. The van der Waals surface area contributed by atoms with Gasteiger partial charge in [0.2, 0.25) is 0 Å². The number of rotatable bonds is 9. The summed E-state index contributed by atoms with van der Waals surface area (Å²) in [6, 6.07) is 17.4. The molecule has 0 aromatic heterocycles. The van der Waals surface area contributed by atoms with E-state index in [2.05, 4.69) is 17.4 Å². The number of benzene rings is 2. The van der Waals surface area contributed by atoms with E-state index in [-0.39, 0.29) is 11.7 Å². The van der Waals surface area contributed by atoms with Crippen LogP contribution in [-0.4, -0.2) is 25.7 Å². The lowest BCUT2D eigenvalue weighted by atomic mass is 10.1. The third kappa shape index (κ3) is 6.17. The average Bonchev–Trinajstić information content (AvgIpc) is 2.70. The van der Waals surface area contributed by atoms with Crippen LogP contribution in [0.3, 0.4) is 0 Å². The Morgan fingerprint density at radius 2 is 1.93 bits per heavy atom. The second-order valence-electron chi connectivity index (χ2n) is 6.56. The molecule has 0 spiro atoms. The Morgan fingerprint density at radius 1 is 1.18 bits per heavy atom. The number of carbonyl (C=O) groups excluding carboxylic acids is 1. The topological polar surface area (TPSA) is 71.3 Å². The van der Waals surface area contributed by atoms with Gasteiger partial charge in [0.25, 0.3) is 5.91 Å². The van der Waals surface area contributed by atoms with Gasteiger partial charge in [-0.3, -0.25) is 4.79 Å². The van der Waals surface area contributed by atoms with Crippen LogP contribution in [-0.2, 0) is 11.2 Å². The van der Waals surface area contributed by atoms with E-state index in [9.17, 15) is 10.1 Å². The summed E-state index contributed by atoms with van der Waals surface area (Å²) in [5.41, 5.74) is 1.88. The van der Waals surface area contributed by atoms with Crippen LogP contribution < -0.4 is 14.8 Å². The molecule has 5 nitrogen and oxygen atoms in total. The molecule has 2 aromatic carbocycles. The molecule has 1 N–H and O–H groups in total. The van der Waals surface area contributed by atoms with Crippen LogP contribution in [0, 0.1) is 11.3 Å². The average molecular weight is 378 g/mol. The van der Waals surface area contributed by atoms with Gasteiger partial charge >= 0.3 is 0 Å². The van der Waals surface area contributed by atoms with Crippen molar-refractivity contribution in [3.63, 3.8) is 0 Å². The molecule has 2 rings (SSSR count). The number of hydrogen-bond donors (Lipinski definition) is 1. The zero-order valence-electron chi connectivity index (χ0n) is 16.6. The van der Waals surface area contributed by atoms with Gasteiger partial charge in [0.05, 0.1) is 13.2 Å². The van der Waals surface area contributed by atoms with Crippen LogP contribution in [0.5, 0.6) is 11.5 Å². The molecular weight excluding hydrogens is 352 g/mol. The van der Waals surface area contributed by atoms with E-state index in [1.165, 1.54) is 11.6 Å². The van der Waals surface area contributed by atoms with Crippen molar-refractivity contribution < 1.29 is 14.3 Å². The zero-order chi connectivity index (χ0) is 20.4. The van der Waals surface area contributed by atoms with E-state index in [1.807, 2.05) is 38.1 Å². The summed E-state index contributed by atoms with van der Waals surface area (Å²) in [6.45, 7) is 4.31. The Bertz CT molecular complexity index is 852. The smallest absolute Gasteiger partial charge is 0.261 e. The number of carbonyl (C=O) groups is 1. The summed E-state index contributed by atoms with van der Waals surface area (Å²) in [5, 5.41) is 12.3. The Balaban J connectivity index is 2.06. The van der Waals surface area contributed by atoms with Gasteiger partial charge in [-0.15, -0.1) is 0 Å². The standard InChI is InChI=1S/C23H26N2O3/c1-17(2)28-22-19(12-7-13-21(22)27-3)15-20(16-24)23(26)25-14-8-11-18-9-5-4-6-10-18/h4-7,9-10,12-13,15,17H,8,11,14H2,1-3H3,(H,25,26)/b20-15-. The summed E-state index contributed by atoms with van der Waals surface area (Å²) in [6.07, 6.45) is 3.14. The maximum Gasteiger partial charge on any atom is 0.261 e. The largest absolute Gasteiger partial charge is 0.493 e. The van der Waals surface area contributed by atoms with Gasteiger partial charge in [-0.05, 0) is 44.4 Å². The SMILES string of the molecule is COc1cccc(/C=C(/C#N)C(=O)NCCCc2ccccc2)c1OC(C)C. The van der Waals surface area contributed by atoms with Crippen molar-refractivity contribution in [3.8, 4) is 17.6 Å². The quantitative estimate of drug-likeness (QED) is 0.404. The van der Waals surface area contributed by atoms with Crippen molar-refractivity contribution in [3.05, 3.63) is 65.2 Å². The molecule has 1 amide bonds. The van der Waals surface area contributed by atoms with Gasteiger partial charge in [0.1, 0.15) is 11.6 Å². The van der Waals surface area contributed by atoms with E-state index < -0.39 is 5.91 Å². The summed E-state index contributed by atoms with van der Waals surface area (Å²) >= 11 is 0. The number of nitrogens with zero attached hydrogens (tertiary/aromatic N) is 1. The van der Waals surface area contributed by atoms with Gasteiger partial charge in [-0.25, -0.2) is 0 Å².